The molecule has 2 aromatic carbocycles. The normalized spacial score (nSPS) is 12.5. The van der Waals surface area contributed by atoms with Crippen LogP contribution in [0.25, 0.3) is 22.7 Å². The molecule has 0 aliphatic heterocycles. The van der Waals surface area contributed by atoms with E-state index in [9.17, 15) is 4.79 Å². The van der Waals surface area contributed by atoms with Crippen molar-refractivity contribution in [3.05, 3.63) is 76.7 Å². The van der Waals surface area contributed by atoms with Crippen molar-refractivity contribution in [1.82, 2.24) is 20.6 Å². The molecule has 8 heteroatoms. The summed E-state index contributed by atoms with van der Waals surface area (Å²) in [6.07, 6.45) is 0. The summed E-state index contributed by atoms with van der Waals surface area (Å²) in [7, 11) is 0. The molecule has 0 saturated carbocycles. The second-order valence-corrected chi connectivity index (χ2v) is 9.09. The number of benzene rings is 2. The third-order valence-electron chi connectivity index (χ3n) is 4.73. The van der Waals surface area contributed by atoms with E-state index in [2.05, 4.69) is 36.5 Å². The summed E-state index contributed by atoms with van der Waals surface area (Å²) in [6.45, 7) is 5.96. The number of amides is 1. The number of carbonyl (C=O) groups excluding carboxylic acids is 1. The van der Waals surface area contributed by atoms with Crippen molar-refractivity contribution >= 4 is 21.8 Å². The van der Waals surface area contributed by atoms with Gasteiger partial charge in [-0.1, -0.05) is 89.5 Å². The van der Waals surface area contributed by atoms with Crippen LogP contribution in [-0.4, -0.2) is 21.2 Å². The van der Waals surface area contributed by atoms with Crippen LogP contribution in [0, 0.1) is 5.41 Å². The number of aromatic nitrogens is 3. The van der Waals surface area contributed by atoms with Crippen LogP contribution < -0.4 is 5.32 Å². The summed E-state index contributed by atoms with van der Waals surface area (Å²) in [5.41, 5.74) is 1.46. The Hall–Kier alpha value is -3.26. The SMILES string of the molecule is CC(C)(C)[C@H](NC(=O)c1cc(-c2ccc(Br)cc2)on1)c1nc(-c2ccccc2)no1. The first-order valence-electron chi connectivity index (χ1n) is 9.74. The number of carbonyl (C=O) groups is 1. The molecule has 0 aliphatic carbocycles. The van der Waals surface area contributed by atoms with Crippen molar-refractivity contribution in [1.29, 1.82) is 0 Å². The van der Waals surface area contributed by atoms with E-state index in [1.807, 2.05) is 75.4 Å². The minimum Gasteiger partial charge on any atom is -0.355 e. The maximum atomic E-state index is 12.9. The molecule has 2 heterocycles. The summed E-state index contributed by atoms with van der Waals surface area (Å²) in [5, 5.41) is 11.0. The van der Waals surface area contributed by atoms with Crippen molar-refractivity contribution in [2.45, 2.75) is 26.8 Å². The fourth-order valence-electron chi connectivity index (χ4n) is 3.04. The average Bonchev–Trinajstić information content (AvgIpc) is 3.42. The molecule has 0 bridgehead atoms. The maximum absolute atomic E-state index is 12.9. The van der Waals surface area contributed by atoms with E-state index in [0.717, 1.165) is 15.6 Å². The minimum atomic E-state index is -0.516. The van der Waals surface area contributed by atoms with Gasteiger partial charge in [0.25, 0.3) is 5.91 Å². The Balaban J connectivity index is 1.56. The third kappa shape index (κ3) is 4.74. The molecule has 0 saturated heterocycles. The van der Waals surface area contributed by atoms with Gasteiger partial charge in [0, 0.05) is 21.7 Å². The zero-order chi connectivity index (χ0) is 22.0. The first-order valence-corrected chi connectivity index (χ1v) is 10.5. The van der Waals surface area contributed by atoms with Crippen molar-refractivity contribution in [3.63, 3.8) is 0 Å². The molecule has 1 amide bonds. The Bertz CT molecular complexity index is 1180. The van der Waals surface area contributed by atoms with Crippen LogP contribution in [-0.2, 0) is 0 Å². The Morgan fingerprint density at radius 2 is 1.68 bits per heavy atom. The van der Waals surface area contributed by atoms with Crippen molar-refractivity contribution in [2.24, 2.45) is 5.41 Å². The van der Waals surface area contributed by atoms with E-state index in [1.165, 1.54) is 0 Å². The van der Waals surface area contributed by atoms with Crippen LogP contribution in [0.3, 0.4) is 0 Å². The average molecular weight is 481 g/mol. The summed E-state index contributed by atoms with van der Waals surface area (Å²) >= 11 is 3.40. The molecule has 1 N–H and O–H groups in total. The zero-order valence-corrected chi connectivity index (χ0v) is 18.9. The van der Waals surface area contributed by atoms with E-state index in [1.54, 1.807) is 6.07 Å². The predicted octanol–water partition coefficient (Wildman–Crippen LogP) is 5.67. The number of rotatable bonds is 5. The topological polar surface area (TPSA) is 94.1 Å². The number of hydrogen-bond acceptors (Lipinski definition) is 6. The summed E-state index contributed by atoms with van der Waals surface area (Å²) in [5.74, 6) is 0.926. The fraction of sp³-hybridized carbons (Fsp3) is 0.217. The quantitative estimate of drug-likeness (QED) is 0.395. The van der Waals surface area contributed by atoms with Crippen molar-refractivity contribution in [3.8, 4) is 22.7 Å². The smallest absolute Gasteiger partial charge is 0.274 e. The molecular weight excluding hydrogens is 460 g/mol. The molecule has 1 atom stereocenters. The monoisotopic (exact) mass is 480 g/mol. The van der Waals surface area contributed by atoms with Gasteiger partial charge < -0.3 is 14.4 Å². The molecule has 31 heavy (non-hydrogen) atoms. The number of nitrogens with zero attached hydrogens (tertiary/aromatic N) is 3. The first-order chi connectivity index (χ1) is 14.8. The van der Waals surface area contributed by atoms with Gasteiger partial charge in [0.1, 0.15) is 6.04 Å². The van der Waals surface area contributed by atoms with E-state index in [4.69, 9.17) is 9.05 Å². The molecule has 0 fully saturated rings. The Morgan fingerprint density at radius 3 is 2.35 bits per heavy atom. The highest BCUT2D eigenvalue weighted by atomic mass is 79.9. The first kappa shape index (κ1) is 21.0. The van der Waals surface area contributed by atoms with Gasteiger partial charge in [-0.05, 0) is 17.5 Å². The summed E-state index contributed by atoms with van der Waals surface area (Å²) in [4.78, 5) is 17.4. The minimum absolute atomic E-state index is 0.176. The molecule has 4 aromatic rings. The van der Waals surface area contributed by atoms with Crippen molar-refractivity contribution < 1.29 is 13.8 Å². The molecule has 2 aromatic heterocycles. The van der Waals surface area contributed by atoms with E-state index in [-0.39, 0.29) is 17.0 Å². The lowest BCUT2D eigenvalue weighted by molar-refractivity contribution is 0.0871. The lowest BCUT2D eigenvalue weighted by Gasteiger charge is -2.27. The Morgan fingerprint density at radius 1 is 0.968 bits per heavy atom. The summed E-state index contributed by atoms with van der Waals surface area (Å²) in [6, 6.07) is 18.2. The van der Waals surface area contributed by atoms with Crippen LogP contribution >= 0.6 is 15.9 Å². The highest BCUT2D eigenvalue weighted by Crippen LogP contribution is 2.33. The van der Waals surface area contributed by atoms with Crippen LogP contribution in [0.4, 0.5) is 0 Å². The van der Waals surface area contributed by atoms with Gasteiger partial charge in [-0.25, -0.2) is 0 Å². The molecule has 0 aliphatic rings. The molecule has 0 spiro atoms. The molecule has 7 nitrogen and oxygen atoms in total. The number of nitrogens with one attached hydrogen (secondary N) is 1. The largest absolute Gasteiger partial charge is 0.355 e. The molecular formula is C23H21BrN4O3. The number of halogens is 1. The highest BCUT2D eigenvalue weighted by Gasteiger charge is 2.34. The fourth-order valence-corrected chi connectivity index (χ4v) is 3.31. The van der Waals surface area contributed by atoms with Gasteiger partial charge in [-0.3, -0.25) is 4.79 Å². The lowest BCUT2D eigenvalue weighted by Crippen LogP contribution is -2.37. The number of hydrogen-bond donors (Lipinski definition) is 1. The van der Waals surface area contributed by atoms with Crippen LogP contribution in [0.15, 0.2) is 74.2 Å². The van der Waals surface area contributed by atoms with Gasteiger partial charge >= 0.3 is 0 Å². The van der Waals surface area contributed by atoms with Gasteiger partial charge in [0.2, 0.25) is 11.7 Å². The molecule has 0 unspecified atom stereocenters. The van der Waals surface area contributed by atoms with Crippen LogP contribution in [0.2, 0.25) is 0 Å². The Labute approximate surface area is 188 Å². The van der Waals surface area contributed by atoms with Crippen LogP contribution in [0.5, 0.6) is 0 Å². The molecule has 4 rings (SSSR count). The highest BCUT2D eigenvalue weighted by molar-refractivity contribution is 9.10. The third-order valence-corrected chi connectivity index (χ3v) is 5.26. The lowest BCUT2D eigenvalue weighted by atomic mass is 9.86. The van der Waals surface area contributed by atoms with Gasteiger partial charge in [-0.2, -0.15) is 4.98 Å². The predicted molar refractivity (Wildman–Crippen MR) is 119 cm³/mol. The van der Waals surface area contributed by atoms with Crippen molar-refractivity contribution in [2.75, 3.05) is 0 Å². The van der Waals surface area contributed by atoms with E-state index >= 15 is 0 Å². The standard InChI is InChI=1S/C23H21BrN4O3/c1-23(2,3)19(22-26-20(28-31-22)15-7-5-4-6-8-15)25-21(29)17-13-18(30-27-17)14-9-11-16(24)12-10-14/h4-13,19H,1-3H3,(H,25,29)/t19-/m1/s1. The zero-order valence-electron chi connectivity index (χ0n) is 17.3. The molecule has 0 radical (unpaired) electrons. The van der Waals surface area contributed by atoms with Gasteiger partial charge in [-0.15, -0.1) is 0 Å². The van der Waals surface area contributed by atoms with E-state index < -0.39 is 6.04 Å². The molecule has 158 valence electrons. The van der Waals surface area contributed by atoms with Crippen LogP contribution in [0.1, 0.15) is 43.2 Å². The Kier molecular flexibility index (Phi) is 5.73. The van der Waals surface area contributed by atoms with Gasteiger partial charge in [0.05, 0.1) is 0 Å². The second kappa shape index (κ2) is 8.47. The maximum Gasteiger partial charge on any atom is 0.274 e. The second-order valence-electron chi connectivity index (χ2n) is 8.18. The van der Waals surface area contributed by atoms with E-state index in [0.29, 0.717) is 17.5 Å². The summed E-state index contributed by atoms with van der Waals surface area (Å²) < 4.78 is 11.8. The van der Waals surface area contributed by atoms with Gasteiger partial charge in [0.15, 0.2) is 11.5 Å².